The topological polar surface area (TPSA) is 45.5 Å². The second kappa shape index (κ2) is 10.5. The van der Waals surface area contributed by atoms with Crippen molar-refractivity contribution in [3.05, 3.63) is 70.2 Å². The number of halogens is 1. The molecule has 0 bridgehead atoms. The Morgan fingerprint density at radius 3 is 2.70 bits per heavy atom. The molecule has 3 rings (SSSR count). The molecule has 5 nitrogen and oxygen atoms in total. The number of likely N-dealkylation sites (N-methyl/N-ethyl adjacent to an activating group) is 1. The maximum atomic E-state index is 4.53. The van der Waals surface area contributed by atoms with E-state index < -0.39 is 0 Å². The van der Waals surface area contributed by atoms with Gasteiger partial charge in [-0.1, -0.05) is 24.3 Å². The summed E-state index contributed by atoms with van der Waals surface area (Å²) in [5.41, 5.74) is 3.28. The highest BCUT2D eigenvalue weighted by atomic mass is 127. The third kappa shape index (κ3) is 5.80. The highest BCUT2D eigenvalue weighted by Crippen LogP contribution is 2.14. The summed E-state index contributed by atoms with van der Waals surface area (Å²) in [5.74, 6) is 0.896. The van der Waals surface area contributed by atoms with Crippen molar-refractivity contribution in [2.45, 2.75) is 19.9 Å². The molecule has 0 spiro atoms. The predicted molar refractivity (Wildman–Crippen MR) is 125 cm³/mol. The fourth-order valence-electron chi connectivity index (χ4n) is 2.83. The van der Waals surface area contributed by atoms with Crippen LogP contribution in [0.25, 0.3) is 5.69 Å². The summed E-state index contributed by atoms with van der Waals surface area (Å²) in [5, 5.41) is 10.1. The number of hydrogen-bond donors (Lipinski definition) is 1. The van der Waals surface area contributed by atoms with E-state index in [9.17, 15) is 0 Å². The number of hydrogen-bond acceptors (Lipinski definition) is 3. The zero-order valence-electron chi connectivity index (χ0n) is 15.9. The van der Waals surface area contributed by atoms with Gasteiger partial charge in [0.15, 0.2) is 5.96 Å². The number of benzene rings is 1. The molecule has 0 atom stereocenters. The average Bonchev–Trinajstić information content (AvgIpc) is 3.32. The van der Waals surface area contributed by atoms with Gasteiger partial charge in [0.05, 0.1) is 11.4 Å². The third-order valence-electron chi connectivity index (χ3n) is 4.24. The van der Waals surface area contributed by atoms with Crippen molar-refractivity contribution < 1.29 is 0 Å². The Bertz CT molecular complexity index is 857. The minimum Gasteiger partial charge on any atom is -0.352 e. The van der Waals surface area contributed by atoms with Crippen molar-refractivity contribution in [2.75, 3.05) is 20.6 Å². The van der Waals surface area contributed by atoms with Crippen molar-refractivity contribution in [3.63, 3.8) is 0 Å². The van der Waals surface area contributed by atoms with Crippen LogP contribution in [0.2, 0.25) is 0 Å². The van der Waals surface area contributed by atoms with E-state index in [0.717, 1.165) is 30.3 Å². The maximum Gasteiger partial charge on any atom is 0.193 e. The average molecular weight is 495 g/mol. The maximum absolute atomic E-state index is 4.53. The lowest BCUT2D eigenvalue weighted by atomic mass is 10.2. The largest absolute Gasteiger partial charge is 0.352 e. The minimum absolute atomic E-state index is 0. The fraction of sp³-hybridized carbons (Fsp3) is 0.300. The van der Waals surface area contributed by atoms with Crippen LogP contribution >= 0.6 is 35.3 Å². The Hall–Kier alpha value is -1.87. The molecule has 0 aliphatic carbocycles. The first-order valence-electron chi connectivity index (χ1n) is 8.72. The zero-order valence-corrected chi connectivity index (χ0v) is 19.1. The third-order valence-corrected chi connectivity index (χ3v) is 5.18. The zero-order chi connectivity index (χ0) is 18.4. The molecule has 0 saturated carbocycles. The van der Waals surface area contributed by atoms with Crippen LogP contribution < -0.4 is 5.32 Å². The number of thiophene rings is 1. The summed E-state index contributed by atoms with van der Waals surface area (Å²) in [4.78, 5) is 7.98. The summed E-state index contributed by atoms with van der Waals surface area (Å²) in [6, 6.07) is 14.6. The molecular weight excluding hydrogens is 469 g/mol. The van der Waals surface area contributed by atoms with Gasteiger partial charge in [0.2, 0.25) is 0 Å². The van der Waals surface area contributed by atoms with Gasteiger partial charge >= 0.3 is 0 Å². The van der Waals surface area contributed by atoms with E-state index in [1.54, 1.807) is 11.3 Å². The number of aromatic nitrogens is 2. The first-order valence-corrected chi connectivity index (χ1v) is 9.60. The van der Waals surface area contributed by atoms with Crippen molar-refractivity contribution in [2.24, 2.45) is 4.99 Å². The smallest absolute Gasteiger partial charge is 0.193 e. The van der Waals surface area contributed by atoms with Crippen LogP contribution in [-0.4, -0.2) is 41.3 Å². The van der Waals surface area contributed by atoms with Crippen molar-refractivity contribution in [1.29, 1.82) is 0 Å². The molecule has 0 unspecified atom stereocenters. The molecule has 0 aliphatic rings. The monoisotopic (exact) mass is 495 g/mol. The number of para-hydroxylation sites is 1. The van der Waals surface area contributed by atoms with Crippen LogP contribution in [0.15, 0.2) is 59.0 Å². The Morgan fingerprint density at radius 1 is 1.22 bits per heavy atom. The molecule has 0 amide bonds. The lowest BCUT2D eigenvalue weighted by molar-refractivity contribution is 0.486. The summed E-state index contributed by atoms with van der Waals surface area (Å²) in [7, 11) is 3.90. The molecule has 0 aliphatic heterocycles. The van der Waals surface area contributed by atoms with Gasteiger partial charge in [-0.15, -0.1) is 35.3 Å². The molecule has 0 fully saturated rings. The van der Waals surface area contributed by atoms with E-state index in [0.29, 0.717) is 6.54 Å². The number of aryl methyl sites for hydroxylation is 1. The number of nitrogens with one attached hydrogen (secondary N) is 1. The van der Waals surface area contributed by atoms with Gasteiger partial charge in [-0.2, -0.15) is 5.10 Å². The molecule has 2 heterocycles. The van der Waals surface area contributed by atoms with Crippen molar-refractivity contribution in [1.82, 2.24) is 20.0 Å². The van der Waals surface area contributed by atoms with E-state index in [-0.39, 0.29) is 24.0 Å². The molecule has 27 heavy (non-hydrogen) atoms. The van der Waals surface area contributed by atoms with Crippen molar-refractivity contribution >= 4 is 41.3 Å². The van der Waals surface area contributed by atoms with E-state index >= 15 is 0 Å². The quantitative estimate of drug-likeness (QED) is 0.318. The molecule has 144 valence electrons. The standard InChI is InChI=1S/C20H25N5S.HI/c1-16-10-13-25(23-16)19-9-5-4-7-17(19)15-22-20(21-2)24(3)12-11-18-8-6-14-26-18;/h4-10,13-14H,11-12,15H2,1-3H3,(H,21,22);1H. The number of nitrogens with zero attached hydrogens (tertiary/aromatic N) is 4. The van der Waals surface area contributed by atoms with Crippen LogP contribution in [0.1, 0.15) is 16.1 Å². The molecule has 1 N–H and O–H groups in total. The molecule has 7 heteroatoms. The van der Waals surface area contributed by atoms with Gasteiger partial charge in [-0.05, 0) is 42.5 Å². The highest BCUT2D eigenvalue weighted by molar-refractivity contribution is 14.0. The van der Waals surface area contributed by atoms with Gasteiger partial charge in [0, 0.05) is 38.3 Å². The first-order chi connectivity index (χ1) is 12.7. The second-order valence-electron chi connectivity index (χ2n) is 6.18. The van der Waals surface area contributed by atoms with Crippen LogP contribution in [0.3, 0.4) is 0 Å². The highest BCUT2D eigenvalue weighted by Gasteiger charge is 2.09. The van der Waals surface area contributed by atoms with Crippen LogP contribution in [0.5, 0.6) is 0 Å². The van der Waals surface area contributed by atoms with Gasteiger partial charge in [0.1, 0.15) is 0 Å². The number of aliphatic imine (C=N–C) groups is 1. The van der Waals surface area contributed by atoms with Gasteiger partial charge < -0.3 is 10.2 Å². The van der Waals surface area contributed by atoms with E-state index in [1.165, 1.54) is 10.4 Å². The van der Waals surface area contributed by atoms with E-state index in [4.69, 9.17) is 0 Å². The Labute approximate surface area is 182 Å². The lowest BCUT2D eigenvalue weighted by Crippen LogP contribution is -2.39. The summed E-state index contributed by atoms with van der Waals surface area (Å²) in [6.07, 6.45) is 3.02. The number of rotatable bonds is 6. The molecule has 3 aromatic rings. The van der Waals surface area contributed by atoms with E-state index in [2.05, 4.69) is 63.1 Å². The van der Waals surface area contributed by atoms with Crippen LogP contribution in [0, 0.1) is 6.92 Å². The van der Waals surface area contributed by atoms with Gasteiger partial charge in [-0.3, -0.25) is 4.99 Å². The summed E-state index contributed by atoms with van der Waals surface area (Å²) in [6.45, 7) is 3.63. The normalized spacial score (nSPS) is 11.1. The fourth-order valence-corrected chi connectivity index (χ4v) is 3.53. The van der Waals surface area contributed by atoms with Crippen molar-refractivity contribution in [3.8, 4) is 5.69 Å². The predicted octanol–water partition coefficient (Wildman–Crippen LogP) is 4.11. The lowest BCUT2D eigenvalue weighted by Gasteiger charge is -2.22. The molecule has 0 saturated heterocycles. The number of guanidine groups is 1. The van der Waals surface area contributed by atoms with Crippen LogP contribution in [-0.2, 0) is 13.0 Å². The molecule has 1 aromatic carbocycles. The summed E-state index contributed by atoms with van der Waals surface area (Å²) < 4.78 is 1.93. The Morgan fingerprint density at radius 2 is 2.04 bits per heavy atom. The first kappa shape index (κ1) is 21.4. The van der Waals surface area contributed by atoms with Crippen LogP contribution in [0.4, 0.5) is 0 Å². The Balaban J connectivity index is 0.00000261. The van der Waals surface area contributed by atoms with Gasteiger partial charge in [-0.25, -0.2) is 4.68 Å². The molecule has 2 aromatic heterocycles. The summed E-state index contributed by atoms with van der Waals surface area (Å²) >= 11 is 1.80. The van der Waals surface area contributed by atoms with Gasteiger partial charge in [0.25, 0.3) is 0 Å². The minimum atomic E-state index is 0. The molecule has 0 radical (unpaired) electrons. The second-order valence-corrected chi connectivity index (χ2v) is 7.21. The SMILES string of the molecule is CN=C(NCc1ccccc1-n1ccc(C)n1)N(C)CCc1cccs1.I. The van der Waals surface area contributed by atoms with E-state index in [1.807, 2.05) is 37.0 Å². The molecular formula is C20H26IN5S. The Kier molecular flexibility index (Phi) is 8.30.